The summed E-state index contributed by atoms with van der Waals surface area (Å²) in [6, 6.07) is 7.46. The van der Waals surface area contributed by atoms with E-state index in [0.29, 0.717) is 0 Å². The largest absolute Gasteiger partial charge is 0.416 e. The van der Waals surface area contributed by atoms with E-state index in [4.69, 9.17) is 15.8 Å². The van der Waals surface area contributed by atoms with Crippen molar-refractivity contribution in [3.63, 3.8) is 0 Å². The first-order valence-corrected chi connectivity index (χ1v) is 5.70. The second kappa shape index (κ2) is 6.10. The number of nitriles is 3. The van der Waals surface area contributed by atoms with Crippen LogP contribution in [0.25, 0.3) is 0 Å². The minimum atomic E-state index is -4.55. The summed E-state index contributed by atoms with van der Waals surface area (Å²) >= 11 is 2.92. The van der Waals surface area contributed by atoms with Gasteiger partial charge in [-0.2, -0.15) is 29.0 Å². The van der Waals surface area contributed by atoms with E-state index in [9.17, 15) is 13.2 Å². The molecule has 0 aliphatic carbocycles. The molecular weight excluding hydrogens is 337 g/mol. The third-order valence-corrected chi connectivity index (χ3v) is 2.54. The Hall–Kier alpha value is -2.50. The summed E-state index contributed by atoms with van der Waals surface area (Å²) in [5, 5.41) is 28.4. The van der Waals surface area contributed by atoms with Crippen molar-refractivity contribution < 1.29 is 13.2 Å². The average Bonchev–Trinajstić information content (AvgIpc) is 2.37. The van der Waals surface area contributed by atoms with E-state index in [2.05, 4.69) is 21.2 Å². The number of rotatable bonds is 2. The van der Waals surface area contributed by atoms with Crippen molar-refractivity contribution in [1.29, 1.82) is 15.8 Å². The quantitative estimate of drug-likeness (QED) is 0.832. The number of halogens is 4. The van der Waals surface area contributed by atoms with Crippen LogP contribution in [0.1, 0.15) is 5.56 Å². The van der Waals surface area contributed by atoms with Crippen LogP contribution in [0.4, 0.5) is 18.9 Å². The number of benzene rings is 1. The van der Waals surface area contributed by atoms with E-state index in [1.165, 1.54) is 18.2 Å². The summed E-state index contributed by atoms with van der Waals surface area (Å²) in [6.45, 7) is 0. The van der Waals surface area contributed by atoms with Crippen molar-refractivity contribution in [2.45, 2.75) is 6.18 Å². The maximum absolute atomic E-state index is 12.6. The van der Waals surface area contributed by atoms with Crippen LogP contribution in [0.2, 0.25) is 0 Å². The predicted octanol–water partition coefficient (Wildman–Crippen LogP) is 3.70. The molecule has 0 aromatic heterocycles. The number of hydrogen-bond donors (Lipinski definition) is 1. The van der Waals surface area contributed by atoms with Crippen LogP contribution in [0.15, 0.2) is 33.9 Å². The van der Waals surface area contributed by atoms with Crippen molar-refractivity contribution in [3.8, 4) is 18.2 Å². The minimum Gasteiger partial charge on any atom is -0.345 e. The highest BCUT2D eigenvalue weighted by molar-refractivity contribution is 9.10. The van der Waals surface area contributed by atoms with Crippen LogP contribution in [-0.4, -0.2) is 0 Å². The molecule has 1 aromatic carbocycles. The first-order chi connectivity index (χ1) is 9.31. The van der Waals surface area contributed by atoms with Crippen molar-refractivity contribution in [2.75, 3.05) is 5.32 Å². The van der Waals surface area contributed by atoms with Gasteiger partial charge in [-0.05, 0) is 18.2 Å². The number of hydrogen-bond acceptors (Lipinski definition) is 4. The van der Waals surface area contributed by atoms with E-state index >= 15 is 0 Å². The van der Waals surface area contributed by atoms with E-state index in [1.807, 2.05) is 0 Å². The molecule has 4 nitrogen and oxygen atoms in total. The molecule has 0 saturated heterocycles. The maximum atomic E-state index is 12.6. The Morgan fingerprint density at radius 3 is 2.10 bits per heavy atom. The zero-order valence-electron chi connectivity index (χ0n) is 9.59. The fourth-order valence-electron chi connectivity index (χ4n) is 1.25. The van der Waals surface area contributed by atoms with Crippen molar-refractivity contribution in [3.05, 3.63) is 39.5 Å². The Balaban J connectivity index is 3.28. The molecule has 0 unspecified atom stereocenters. The van der Waals surface area contributed by atoms with Crippen molar-refractivity contribution in [1.82, 2.24) is 0 Å². The molecule has 20 heavy (non-hydrogen) atoms. The molecule has 8 heteroatoms. The van der Waals surface area contributed by atoms with Crippen LogP contribution >= 0.6 is 15.9 Å². The molecule has 0 heterocycles. The van der Waals surface area contributed by atoms with Crippen LogP contribution in [-0.2, 0) is 6.18 Å². The zero-order valence-corrected chi connectivity index (χ0v) is 11.2. The molecule has 0 aliphatic rings. The van der Waals surface area contributed by atoms with Gasteiger partial charge in [0.1, 0.15) is 23.9 Å². The summed E-state index contributed by atoms with van der Waals surface area (Å²) in [5.74, 6) is 0. The highest BCUT2D eigenvalue weighted by Gasteiger charge is 2.31. The molecule has 0 saturated carbocycles. The molecule has 0 spiro atoms. The van der Waals surface area contributed by atoms with E-state index in [1.54, 1.807) is 6.07 Å². The van der Waals surface area contributed by atoms with Crippen LogP contribution in [0.5, 0.6) is 0 Å². The molecule has 1 rings (SSSR count). The SMILES string of the molecule is N#CC(C#N)=C(C#N)Nc1cc(Br)cc(C(F)(F)F)c1. The smallest absolute Gasteiger partial charge is 0.345 e. The van der Waals surface area contributed by atoms with Gasteiger partial charge in [-0.15, -0.1) is 0 Å². The molecule has 100 valence electrons. The molecule has 1 aromatic rings. The fraction of sp³-hybridized carbons (Fsp3) is 0.0833. The molecule has 0 atom stereocenters. The van der Waals surface area contributed by atoms with Gasteiger partial charge in [-0.25, -0.2) is 0 Å². The van der Waals surface area contributed by atoms with E-state index in [-0.39, 0.29) is 10.2 Å². The summed E-state index contributed by atoms with van der Waals surface area (Å²) in [4.78, 5) is 0. The summed E-state index contributed by atoms with van der Waals surface area (Å²) in [6.07, 6.45) is -4.55. The average molecular weight is 341 g/mol. The molecule has 0 bridgehead atoms. The number of allylic oxidation sites excluding steroid dienone is 2. The minimum absolute atomic E-state index is 0.0637. The van der Waals surface area contributed by atoms with Gasteiger partial charge in [-0.3, -0.25) is 0 Å². The summed E-state index contributed by atoms with van der Waals surface area (Å²) < 4.78 is 38.0. The Kier molecular flexibility index (Phi) is 4.74. The molecule has 0 amide bonds. The Morgan fingerprint density at radius 2 is 1.65 bits per heavy atom. The molecule has 0 radical (unpaired) electrons. The first-order valence-electron chi connectivity index (χ1n) is 4.91. The van der Waals surface area contributed by atoms with Crippen LogP contribution in [0, 0.1) is 34.0 Å². The van der Waals surface area contributed by atoms with Crippen LogP contribution < -0.4 is 5.32 Å². The Labute approximate surface area is 120 Å². The van der Waals surface area contributed by atoms with Gasteiger partial charge in [-0.1, -0.05) is 15.9 Å². The van der Waals surface area contributed by atoms with Crippen molar-refractivity contribution >= 4 is 21.6 Å². The van der Waals surface area contributed by atoms with Gasteiger partial charge in [0.25, 0.3) is 0 Å². The predicted molar refractivity (Wildman–Crippen MR) is 66.6 cm³/mol. The number of anilines is 1. The number of nitrogens with one attached hydrogen (secondary N) is 1. The Bertz CT molecular complexity index is 671. The lowest BCUT2D eigenvalue weighted by Crippen LogP contribution is -2.07. The number of alkyl halides is 3. The second-order valence-corrected chi connectivity index (χ2v) is 4.35. The third kappa shape index (κ3) is 3.74. The highest BCUT2D eigenvalue weighted by atomic mass is 79.9. The molecule has 0 fully saturated rings. The summed E-state index contributed by atoms with van der Waals surface area (Å²) in [7, 11) is 0. The lowest BCUT2D eigenvalue weighted by molar-refractivity contribution is -0.137. The fourth-order valence-corrected chi connectivity index (χ4v) is 1.75. The lowest BCUT2D eigenvalue weighted by atomic mass is 10.1. The lowest BCUT2D eigenvalue weighted by Gasteiger charge is -2.11. The highest BCUT2D eigenvalue weighted by Crippen LogP contribution is 2.33. The van der Waals surface area contributed by atoms with Gasteiger partial charge >= 0.3 is 6.18 Å². The number of nitrogens with zero attached hydrogens (tertiary/aromatic N) is 3. The third-order valence-electron chi connectivity index (χ3n) is 2.08. The first kappa shape index (κ1) is 15.6. The van der Waals surface area contributed by atoms with Crippen molar-refractivity contribution in [2.24, 2.45) is 0 Å². The van der Waals surface area contributed by atoms with Gasteiger partial charge in [0.15, 0.2) is 5.57 Å². The van der Waals surface area contributed by atoms with Gasteiger partial charge in [0, 0.05) is 10.2 Å². The monoisotopic (exact) mass is 340 g/mol. The summed E-state index contributed by atoms with van der Waals surface area (Å²) in [5.41, 5.74) is -1.92. The van der Waals surface area contributed by atoms with Crippen LogP contribution in [0.3, 0.4) is 0 Å². The molecule has 1 N–H and O–H groups in total. The van der Waals surface area contributed by atoms with Gasteiger partial charge in [0.2, 0.25) is 0 Å². The standard InChI is InChI=1S/C12H4BrF3N4/c13-9-1-8(12(14,15)16)2-10(3-9)20-11(6-19)7(4-17)5-18/h1-3,20H. The normalized spacial score (nSPS) is 9.85. The topological polar surface area (TPSA) is 83.4 Å². The molecular formula is C12H4BrF3N4. The maximum Gasteiger partial charge on any atom is 0.416 e. The Morgan fingerprint density at radius 1 is 1.05 bits per heavy atom. The second-order valence-electron chi connectivity index (χ2n) is 3.44. The van der Waals surface area contributed by atoms with Gasteiger partial charge < -0.3 is 5.32 Å². The molecule has 0 aliphatic heterocycles. The van der Waals surface area contributed by atoms with E-state index in [0.717, 1.165) is 12.1 Å². The van der Waals surface area contributed by atoms with E-state index < -0.39 is 23.0 Å². The van der Waals surface area contributed by atoms with Gasteiger partial charge in [0.05, 0.1) is 5.56 Å². The zero-order chi connectivity index (χ0) is 15.3.